The van der Waals surface area contributed by atoms with Crippen LogP contribution in [-0.4, -0.2) is 52.3 Å². The van der Waals surface area contributed by atoms with Crippen molar-refractivity contribution in [1.82, 2.24) is 14.9 Å². The van der Waals surface area contributed by atoms with Crippen molar-refractivity contribution in [3.8, 4) is 23.3 Å². The number of ether oxygens (including phenoxy) is 4. The van der Waals surface area contributed by atoms with E-state index in [9.17, 15) is 19.6 Å². The fourth-order valence-corrected chi connectivity index (χ4v) is 4.38. The third-order valence-corrected chi connectivity index (χ3v) is 6.51. The highest BCUT2D eigenvalue weighted by atomic mass is 16.6. The monoisotopic (exact) mass is 613 g/mol. The average molecular weight is 614 g/mol. The normalized spacial score (nSPS) is 11.3. The Labute approximate surface area is 260 Å². The molecule has 234 valence electrons. The number of aromatic nitrogens is 2. The van der Waals surface area contributed by atoms with E-state index < -0.39 is 29.0 Å². The van der Waals surface area contributed by atoms with Crippen LogP contribution < -0.4 is 20.1 Å². The van der Waals surface area contributed by atoms with Crippen LogP contribution in [0.4, 0.5) is 11.4 Å². The van der Waals surface area contributed by atoms with Gasteiger partial charge in [-0.3, -0.25) is 9.59 Å². The number of nitrogens with one attached hydrogen (secondary N) is 2. The predicted molar refractivity (Wildman–Crippen MR) is 166 cm³/mol. The number of benzene rings is 2. The third-order valence-electron chi connectivity index (χ3n) is 6.51. The Morgan fingerprint density at radius 2 is 1.67 bits per heavy atom. The first-order chi connectivity index (χ1) is 21.2. The number of methoxy groups -OCH3 is 1. The number of carbonyl (C=O) groups excluding carboxylic acids is 3. The van der Waals surface area contributed by atoms with Crippen molar-refractivity contribution in [2.24, 2.45) is 0 Å². The summed E-state index contributed by atoms with van der Waals surface area (Å²) in [5.74, 6) is -0.389. The van der Waals surface area contributed by atoms with Gasteiger partial charge in [0.1, 0.15) is 24.0 Å². The molecule has 12 nitrogen and oxygen atoms in total. The number of nitrogens with zero attached hydrogens (tertiary/aromatic N) is 3. The SMILES string of the molecule is COC(=O)c1cn2ncc(C#N)c(Nc3ccc(Oc4ccccc4OC(C)(C)C(=O)NCC(=O)OC(C)(C)C)cc3)c2c1C. The van der Waals surface area contributed by atoms with E-state index in [1.165, 1.54) is 17.8 Å². The van der Waals surface area contributed by atoms with Crippen LogP contribution in [0.15, 0.2) is 60.9 Å². The maximum atomic E-state index is 12.9. The highest BCUT2D eigenvalue weighted by molar-refractivity contribution is 5.97. The minimum atomic E-state index is -1.34. The Morgan fingerprint density at radius 3 is 2.29 bits per heavy atom. The largest absolute Gasteiger partial charge is 0.474 e. The average Bonchev–Trinajstić information content (AvgIpc) is 3.33. The van der Waals surface area contributed by atoms with E-state index in [4.69, 9.17) is 18.9 Å². The van der Waals surface area contributed by atoms with Crippen LogP contribution in [0.3, 0.4) is 0 Å². The molecule has 0 bridgehead atoms. The number of para-hydroxylation sites is 2. The summed E-state index contributed by atoms with van der Waals surface area (Å²) in [4.78, 5) is 37.1. The molecule has 0 unspecified atom stereocenters. The van der Waals surface area contributed by atoms with Gasteiger partial charge in [0.25, 0.3) is 5.91 Å². The maximum Gasteiger partial charge on any atom is 0.339 e. The van der Waals surface area contributed by atoms with Gasteiger partial charge in [-0.05, 0) is 83.5 Å². The molecule has 12 heteroatoms. The van der Waals surface area contributed by atoms with Gasteiger partial charge >= 0.3 is 11.9 Å². The molecule has 4 aromatic rings. The number of nitriles is 1. The highest BCUT2D eigenvalue weighted by Gasteiger charge is 2.32. The van der Waals surface area contributed by atoms with Gasteiger partial charge in [-0.1, -0.05) is 12.1 Å². The lowest BCUT2D eigenvalue weighted by atomic mass is 10.1. The molecule has 0 radical (unpaired) electrons. The van der Waals surface area contributed by atoms with Gasteiger partial charge in [-0.2, -0.15) is 10.4 Å². The van der Waals surface area contributed by atoms with Crippen LogP contribution in [0.1, 0.15) is 56.1 Å². The first-order valence-corrected chi connectivity index (χ1v) is 14.0. The van der Waals surface area contributed by atoms with Crippen LogP contribution >= 0.6 is 0 Å². The van der Waals surface area contributed by atoms with Crippen LogP contribution in [0.25, 0.3) is 5.52 Å². The molecule has 2 aromatic heterocycles. The molecule has 45 heavy (non-hydrogen) atoms. The molecule has 0 aliphatic heterocycles. The van der Waals surface area contributed by atoms with Gasteiger partial charge in [-0.25, -0.2) is 9.31 Å². The molecule has 0 saturated heterocycles. The van der Waals surface area contributed by atoms with Crippen molar-refractivity contribution in [1.29, 1.82) is 5.26 Å². The smallest absolute Gasteiger partial charge is 0.339 e. The first kappa shape index (κ1) is 32.3. The topological polar surface area (TPSA) is 153 Å². The second kappa shape index (κ2) is 13.0. The van der Waals surface area contributed by atoms with Gasteiger partial charge in [0.2, 0.25) is 0 Å². The molecule has 0 atom stereocenters. The number of esters is 2. The third kappa shape index (κ3) is 7.69. The van der Waals surface area contributed by atoms with Crippen LogP contribution in [0.5, 0.6) is 17.2 Å². The summed E-state index contributed by atoms with van der Waals surface area (Å²) in [6, 6.07) is 16.0. The fraction of sp³-hybridized carbons (Fsp3) is 0.303. The lowest BCUT2D eigenvalue weighted by Crippen LogP contribution is -2.48. The second-order valence-electron chi connectivity index (χ2n) is 11.6. The molecule has 2 aromatic carbocycles. The zero-order valence-corrected chi connectivity index (χ0v) is 26.2. The van der Waals surface area contributed by atoms with Crippen LogP contribution in [0.2, 0.25) is 0 Å². The molecule has 0 aliphatic carbocycles. The molecular formula is C33H35N5O7. The van der Waals surface area contributed by atoms with E-state index in [1.807, 2.05) is 0 Å². The van der Waals surface area contributed by atoms with Crippen LogP contribution in [-0.2, 0) is 19.1 Å². The molecule has 2 heterocycles. The Balaban J connectivity index is 1.49. The lowest BCUT2D eigenvalue weighted by Gasteiger charge is -2.26. The van der Waals surface area contributed by atoms with E-state index >= 15 is 0 Å². The van der Waals surface area contributed by atoms with Crippen LogP contribution in [0, 0.1) is 18.3 Å². The molecular weight excluding hydrogens is 578 g/mol. The Kier molecular flexibility index (Phi) is 9.32. The fourth-order valence-electron chi connectivity index (χ4n) is 4.38. The van der Waals surface area contributed by atoms with E-state index in [1.54, 1.807) is 96.3 Å². The van der Waals surface area contributed by atoms with Gasteiger partial charge in [0.05, 0.1) is 35.6 Å². The highest BCUT2D eigenvalue weighted by Crippen LogP contribution is 2.35. The van der Waals surface area contributed by atoms with Gasteiger partial charge in [0.15, 0.2) is 17.1 Å². The number of carbonyl (C=O) groups is 3. The number of anilines is 2. The summed E-state index contributed by atoms with van der Waals surface area (Å²) in [6.45, 7) is 9.88. The maximum absolute atomic E-state index is 12.9. The van der Waals surface area contributed by atoms with E-state index in [2.05, 4.69) is 21.8 Å². The summed E-state index contributed by atoms with van der Waals surface area (Å²) >= 11 is 0. The van der Waals surface area contributed by atoms with E-state index in [0.717, 1.165) is 0 Å². The quantitative estimate of drug-likeness (QED) is 0.221. The Hall–Kier alpha value is -5.57. The molecule has 0 spiro atoms. The summed E-state index contributed by atoms with van der Waals surface area (Å²) < 4.78 is 23.8. The zero-order valence-electron chi connectivity index (χ0n) is 26.2. The Morgan fingerprint density at radius 1 is 1.00 bits per heavy atom. The van der Waals surface area contributed by atoms with Crippen molar-refractivity contribution in [2.75, 3.05) is 19.0 Å². The van der Waals surface area contributed by atoms with E-state index in [-0.39, 0.29) is 6.54 Å². The van der Waals surface area contributed by atoms with Gasteiger partial charge in [-0.15, -0.1) is 0 Å². The summed E-state index contributed by atoms with van der Waals surface area (Å²) in [6.07, 6.45) is 2.98. The zero-order chi connectivity index (χ0) is 32.9. The van der Waals surface area contributed by atoms with Gasteiger partial charge in [0, 0.05) is 11.9 Å². The number of amides is 1. The molecule has 0 aliphatic rings. The second-order valence-corrected chi connectivity index (χ2v) is 11.6. The van der Waals surface area contributed by atoms with Gasteiger partial charge < -0.3 is 29.6 Å². The minimum absolute atomic E-state index is 0.293. The number of aryl methyl sites for hydroxylation is 1. The molecule has 0 fully saturated rings. The predicted octanol–water partition coefficient (Wildman–Crippen LogP) is 5.45. The van der Waals surface area contributed by atoms with E-state index in [0.29, 0.717) is 50.8 Å². The van der Waals surface area contributed by atoms with Crippen molar-refractivity contribution in [2.45, 2.75) is 52.7 Å². The molecule has 1 amide bonds. The Bertz CT molecular complexity index is 1780. The molecule has 4 rings (SSSR count). The van der Waals surface area contributed by atoms with Crippen molar-refractivity contribution >= 4 is 34.7 Å². The standard InChI is InChI=1S/C33H35N5O7/c1-20-24(30(40)42-7)19-38-29(20)28(21(16-34)17-36-38)37-22-12-14-23(15-13-22)43-25-10-8-9-11-26(25)44-33(5,6)31(41)35-18-27(39)45-32(2,3)4/h8-15,17,19,37H,18H2,1-7H3,(H,35,41). The summed E-state index contributed by atoms with van der Waals surface area (Å²) in [5, 5.41) is 19.8. The number of fused-ring (bicyclic) bond motifs is 1. The first-order valence-electron chi connectivity index (χ1n) is 14.0. The number of hydrogen-bond donors (Lipinski definition) is 2. The molecule has 0 saturated carbocycles. The summed E-state index contributed by atoms with van der Waals surface area (Å²) in [5.41, 5.74) is 0.959. The summed E-state index contributed by atoms with van der Waals surface area (Å²) in [7, 11) is 1.30. The minimum Gasteiger partial charge on any atom is -0.474 e. The number of rotatable bonds is 10. The molecule has 2 N–H and O–H groups in total. The lowest BCUT2D eigenvalue weighted by molar-refractivity contribution is -0.155. The van der Waals surface area contributed by atoms with Crippen molar-refractivity contribution in [3.05, 3.63) is 77.6 Å². The number of hydrogen-bond acceptors (Lipinski definition) is 10. The van der Waals surface area contributed by atoms with Crippen molar-refractivity contribution < 1.29 is 33.3 Å². The van der Waals surface area contributed by atoms with Crippen molar-refractivity contribution in [3.63, 3.8) is 0 Å².